The third-order valence-electron chi connectivity index (χ3n) is 3.05. The molecule has 0 bridgehead atoms. The summed E-state index contributed by atoms with van der Waals surface area (Å²) in [5.41, 5.74) is 1.61. The van der Waals surface area contributed by atoms with E-state index in [9.17, 15) is 4.39 Å². The van der Waals surface area contributed by atoms with Crippen molar-refractivity contribution in [3.05, 3.63) is 63.6 Å². The minimum absolute atomic E-state index is 0.125. The van der Waals surface area contributed by atoms with Gasteiger partial charge in [0.2, 0.25) is 0 Å². The summed E-state index contributed by atoms with van der Waals surface area (Å²) in [6.07, 6.45) is 3.46. The minimum atomic E-state index is -0.307. The van der Waals surface area contributed by atoms with Gasteiger partial charge in [0.05, 0.1) is 16.2 Å². The number of rotatable bonds is 5. The molecule has 0 spiro atoms. The third-order valence-corrected chi connectivity index (χ3v) is 3.79. The van der Waals surface area contributed by atoms with Crippen molar-refractivity contribution in [2.45, 2.75) is 19.4 Å². The van der Waals surface area contributed by atoms with Crippen LogP contribution < -0.4 is 5.32 Å². The highest BCUT2D eigenvalue weighted by Gasteiger charge is 2.15. The van der Waals surface area contributed by atoms with Crippen LogP contribution in [0.2, 0.25) is 10.0 Å². The fourth-order valence-electron chi connectivity index (χ4n) is 2.11. The van der Waals surface area contributed by atoms with E-state index in [4.69, 9.17) is 23.2 Å². The first-order valence-corrected chi connectivity index (χ1v) is 7.14. The number of pyridine rings is 1. The van der Waals surface area contributed by atoms with Crippen molar-refractivity contribution in [1.29, 1.82) is 0 Å². The van der Waals surface area contributed by atoms with Crippen LogP contribution in [-0.4, -0.2) is 11.5 Å². The number of nitrogens with one attached hydrogen (secondary N) is 1. The molecule has 5 heteroatoms. The van der Waals surface area contributed by atoms with Gasteiger partial charge in [-0.25, -0.2) is 4.39 Å². The van der Waals surface area contributed by atoms with Crippen molar-refractivity contribution in [3.63, 3.8) is 0 Å². The molecule has 2 aromatic rings. The molecule has 0 fully saturated rings. The smallest absolute Gasteiger partial charge is 0.146 e. The minimum Gasteiger partial charge on any atom is -0.310 e. The summed E-state index contributed by atoms with van der Waals surface area (Å²) in [5, 5.41) is 4.31. The maximum absolute atomic E-state index is 13.9. The zero-order valence-corrected chi connectivity index (χ0v) is 12.5. The van der Waals surface area contributed by atoms with Gasteiger partial charge in [-0.2, -0.15) is 0 Å². The Balaban J connectivity index is 2.25. The van der Waals surface area contributed by atoms with Crippen molar-refractivity contribution >= 4 is 23.2 Å². The first kappa shape index (κ1) is 15.2. The second-order valence-electron chi connectivity index (χ2n) is 4.46. The van der Waals surface area contributed by atoms with Crippen LogP contribution in [0, 0.1) is 5.82 Å². The zero-order chi connectivity index (χ0) is 14.5. The molecule has 1 atom stereocenters. The lowest BCUT2D eigenvalue weighted by Gasteiger charge is -2.19. The lowest BCUT2D eigenvalue weighted by molar-refractivity contribution is 0.507. The molecule has 0 aliphatic carbocycles. The molecule has 2 rings (SSSR count). The number of hydrogen-bond donors (Lipinski definition) is 1. The van der Waals surface area contributed by atoms with Crippen LogP contribution in [-0.2, 0) is 6.42 Å². The molecule has 1 N–H and O–H groups in total. The molecule has 1 unspecified atom stereocenters. The molecule has 106 valence electrons. The molecule has 0 aliphatic rings. The summed E-state index contributed by atoms with van der Waals surface area (Å²) < 4.78 is 13.9. The van der Waals surface area contributed by atoms with Crippen molar-refractivity contribution < 1.29 is 4.39 Å². The van der Waals surface area contributed by atoms with Gasteiger partial charge in [-0.3, -0.25) is 4.98 Å². The van der Waals surface area contributed by atoms with Crippen LogP contribution in [0.15, 0.2) is 36.7 Å². The number of aromatic nitrogens is 1. The number of halogens is 3. The number of hydrogen-bond acceptors (Lipinski definition) is 2. The second-order valence-corrected chi connectivity index (χ2v) is 5.27. The fourth-order valence-corrected chi connectivity index (χ4v) is 2.43. The SMILES string of the molecule is CCNC(Cc1ccc(Cl)c(Cl)c1)c1ccncc1F. The van der Waals surface area contributed by atoms with Gasteiger partial charge in [-0.15, -0.1) is 0 Å². The highest BCUT2D eigenvalue weighted by Crippen LogP contribution is 2.26. The Morgan fingerprint density at radius 2 is 2.05 bits per heavy atom. The zero-order valence-electron chi connectivity index (χ0n) is 11.0. The highest BCUT2D eigenvalue weighted by atomic mass is 35.5. The molecule has 0 saturated carbocycles. The predicted octanol–water partition coefficient (Wildman–Crippen LogP) is 4.42. The molecule has 0 saturated heterocycles. The van der Waals surface area contributed by atoms with Crippen molar-refractivity contribution in [3.8, 4) is 0 Å². The standard InChI is InChI=1S/C15H15Cl2FN2/c1-2-20-15(11-5-6-19-9-14(11)18)8-10-3-4-12(16)13(17)7-10/h3-7,9,15,20H,2,8H2,1H3. The summed E-state index contributed by atoms with van der Waals surface area (Å²) in [7, 11) is 0. The van der Waals surface area contributed by atoms with E-state index < -0.39 is 0 Å². The van der Waals surface area contributed by atoms with E-state index in [1.807, 2.05) is 19.1 Å². The molecular weight excluding hydrogens is 298 g/mol. The number of benzene rings is 1. The number of likely N-dealkylation sites (N-methyl/N-ethyl adjacent to an activating group) is 1. The van der Waals surface area contributed by atoms with Gasteiger partial charge in [-0.05, 0) is 36.7 Å². The topological polar surface area (TPSA) is 24.9 Å². The van der Waals surface area contributed by atoms with E-state index in [1.54, 1.807) is 18.3 Å². The molecule has 0 aliphatic heterocycles. The Labute approximate surface area is 127 Å². The summed E-state index contributed by atoms with van der Waals surface area (Å²) in [6, 6.07) is 7.04. The molecule has 0 radical (unpaired) electrons. The van der Waals surface area contributed by atoms with Crippen LogP contribution in [0.25, 0.3) is 0 Å². The van der Waals surface area contributed by atoms with Gasteiger partial charge in [0.25, 0.3) is 0 Å². The highest BCUT2D eigenvalue weighted by molar-refractivity contribution is 6.42. The Morgan fingerprint density at radius 1 is 1.25 bits per heavy atom. The molecule has 20 heavy (non-hydrogen) atoms. The summed E-state index contributed by atoms with van der Waals surface area (Å²) in [4.78, 5) is 3.78. The van der Waals surface area contributed by atoms with Gasteiger partial charge in [0.15, 0.2) is 0 Å². The second kappa shape index (κ2) is 7.02. The summed E-state index contributed by atoms with van der Waals surface area (Å²) in [5.74, 6) is -0.307. The van der Waals surface area contributed by atoms with Crippen molar-refractivity contribution in [2.24, 2.45) is 0 Å². The molecule has 1 aromatic heterocycles. The average Bonchev–Trinajstić information content (AvgIpc) is 2.43. The Morgan fingerprint density at radius 3 is 2.70 bits per heavy atom. The van der Waals surface area contributed by atoms with Crippen molar-refractivity contribution in [1.82, 2.24) is 10.3 Å². The maximum Gasteiger partial charge on any atom is 0.146 e. The molecule has 2 nitrogen and oxygen atoms in total. The predicted molar refractivity (Wildman–Crippen MR) is 80.8 cm³/mol. The first-order valence-electron chi connectivity index (χ1n) is 6.38. The van der Waals surface area contributed by atoms with E-state index in [2.05, 4.69) is 10.3 Å². The Kier molecular flexibility index (Phi) is 5.35. The first-order chi connectivity index (χ1) is 9.61. The van der Waals surface area contributed by atoms with E-state index in [1.165, 1.54) is 6.20 Å². The quantitative estimate of drug-likeness (QED) is 0.884. The van der Waals surface area contributed by atoms with E-state index in [0.29, 0.717) is 22.0 Å². The van der Waals surface area contributed by atoms with Gasteiger partial charge in [0, 0.05) is 17.8 Å². The van der Waals surface area contributed by atoms with Gasteiger partial charge in [0.1, 0.15) is 5.82 Å². The normalized spacial score (nSPS) is 12.4. The monoisotopic (exact) mass is 312 g/mol. The maximum atomic E-state index is 13.9. The lowest BCUT2D eigenvalue weighted by atomic mass is 9.99. The fraction of sp³-hybridized carbons (Fsp3) is 0.267. The van der Waals surface area contributed by atoms with E-state index in [0.717, 1.165) is 12.1 Å². The van der Waals surface area contributed by atoms with E-state index in [-0.39, 0.29) is 11.9 Å². The van der Waals surface area contributed by atoms with Crippen LogP contribution >= 0.6 is 23.2 Å². The van der Waals surface area contributed by atoms with Crippen LogP contribution in [0.5, 0.6) is 0 Å². The number of nitrogens with zero attached hydrogens (tertiary/aromatic N) is 1. The molecule has 1 aromatic carbocycles. The van der Waals surface area contributed by atoms with Gasteiger partial charge < -0.3 is 5.32 Å². The lowest BCUT2D eigenvalue weighted by Crippen LogP contribution is -2.24. The largest absolute Gasteiger partial charge is 0.310 e. The van der Waals surface area contributed by atoms with E-state index >= 15 is 0 Å². The average molecular weight is 313 g/mol. The Bertz CT molecular complexity index is 590. The Hall–Kier alpha value is -1.16. The summed E-state index contributed by atoms with van der Waals surface area (Å²) in [6.45, 7) is 2.73. The van der Waals surface area contributed by atoms with Crippen LogP contribution in [0.1, 0.15) is 24.1 Å². The van der Waals surface area contributed by atoms with Gasteiger partial charge >= 0.3 is 0 Å². The summed E-state index contributed by atoms with van der Waals surface area (Å²) >= 11 is 11.9. The van der Waals surface area contributed by atoms with Crippen molar-refractivity contribution in [2.75, 3.05) is 6.54 Å². The molecular formula is C15H15Cl2FN2. The molecule has 0 amide bonds. The molecule has 1 heterocycles. The third kappa shape index (κ3) is 3.69. The van der Waals surface area contributed by atoms with Crippen LogP contribution in [0.4, 0.5) is 4.39 Å². The van der Waals surface area contributed by atoms with Gasteiger partial charge in [-0.1, -0.05) is 36.2 Å². The van der Waals surface area contributed by atoms with Crippen LogP contribution in [0.3, 0.4) is 0 Å².